The molecule has 0 aliphatic carbocycles. The lowest BCUT2D eigenvalue weighted by molar-refractivity contribution is -0.136. The Morgan fingerprint density at radius 3 is 2.62 bits per heavy atom. The summed E-state index contributed by atoms with van der Waals surface area (Å²) in [7, 11) is 1.73. The van der Waals surface area contributed by atoms with Crippen LogP contribution in [0, 0.1) is 12.8 Å². The number of carboxylic acids is 1. The van der Waals surface area contributed by atoms with Crippen LogP contribution in [0.5, 0.6) is 0 Å². The predicted molar refractivity (Wildman–Crippen MR) is 143 cm³/mol. The maximum atomic E-state index is 13.5. The Kier molecular flexibility index (Phi) is 6.55. The third-order valence-electron chi connectivity index (χ3n) is 7.29. The zero-order valence-electron chi connectivity index (χ0n) is 21.2. The number of aromatic nitrogens is 2. The first kappa shape index (κ1) is 24.7. The van der Waals surface area contributed by atoms with Crippen molar-refractivity contribution in [1.29, 1.82) is 0 Å². The van der Waals surface area contributed by atoms with Crippen LogP contribution in [-0.4, -0.2) is 57.6 Å². The maximum absolute atomic E-state index is 13.5. The highest BCUT2D eigenvalue weighted by Crippen LogP contribution is 2.29. The second-order valence-electron chi connectivity index (χ2n) is 9.89. The summed E-state index contributed by atoms with van der Waals surface area (Å²) in [5, 5.41) is 16.6. The molecule has 9 nitrogen and oxygen atoms in total. The fraction of sp³-hybridized carbons (Fsp3) is 0.357. The number of aryl methyl sites for hydroxylation is 1. The van der Waals surface area contributed by atoms with Crippen LogP contribution in [0.25, 0.3) is 16.5 Å². The highest BCUT2D eigenvalue weighted by Gasteiger charge is 2.30. The van der Waals surface area contributed by atoms with Crippen LogP contribution in [0.1, 0.15) is 46.7 Å². The number of rotatable bonds is 6. The molecule has 2 aliphatic rings. The fourth-order valence-electron chi connectivity index (χ4n) is 5.07. The first-order valence-electron chi connectivity index (χ1n) is 12.5. The minimum atomic E-state index is -1.01. The normalized spacial score (nSPS) is 16.7. The molecule has 0 saturated carbocycles. The van der Waals surface area contributed by atoms with Crippen LogP contribution in [-0.2, 0) is 11.8 Å². The van der Waals surface area contributed by atoms with Crippen LogP contribution < -0.4 is 16.2 Å². The molecule has 0 radical (unpaired) electrons. The number of carbonyl (C=O) groups excluding carboxylic acids is 1. The number of aromatic carboxylic acids is 1. The van der Waals surface area contributed by atoms with Crippen LogP contribution in [0.4, 0.5) is 5.69 Å². The van der Waals surface area contributed by atoms with Crippen molar-refractivity contribution < 1.29 is 14.7 Å². The first-order valence-corrected chi connectivity index (χ1v) is 12.5. The molecule has 3 N–H and O–H groups in total. The number of nitrogens with zero attached hydrogens (tertiary/aromatic N) is 3. The Hall–Kier alpha value is -3.98. The van der Waals surface area contributed by atoms with E-state index < -0.39 is 5.97 Å². The van der Waals surface area contributed by atoms with E-state index in [2.05, 4.69) is 10.6 Å². The highest BCUT2D eigenvalue weighted by atomic mass is 16.4. The van der Waals surface area contributed by atoms with E-state index in [9.17, 15) is 19.5 Å². The second-order valence-corrected chi connectivity index (χ2v) is 9.89. The van der Waals surface area contributed by atoms with Gasteiger partial charge in [0, 0.05) is 44.5 Å². The average Bonchev–Trinajstić information content (AvgIpc) is 2.85. The quantitative estimate of drug-likeness (QED) is 0.476. The van der Waals surface area contributed by atoms with Gasteiger partial charge in [-0.2, -0.15) is 0 Å². The van der Waals surface area contributed by atoms with E-state index in [-0.39, 0.29) is 29.0 Å². The second kappa shape index (κ2) is 9.82. The third kappa shape index (κ3) is 4.62. The summed E-state index contributed by atoms with van der Waals surface area (Å²) in [6.07, 6.45) is 2.62. The SMILES string of the molecule is Cc1cc([C@@H](C)Nc2ccccc2C(=O)O)c2nc(C3=CCN(C(=O)C4CNC4)CC3)n(C)c(=O)c2c1. The number of hydrogen-bond donors (Lipinski definition) is 3. The van der Waals surface area contributed by atoms with Crippen molar-refractivity contribution in [3.63, 3.8) is 0 Å². The number of amides is 1. The molecule has 3 heterocycles. The molecular formula is C28H31N5O4. The summed E-state index contributed by atoms with van der Waals surface area (Å²) in [5.41, 5.74) is 3.83. The Balaban J connectivity index is 1.52. The molecule has 1 saturated heterocycles. The smallest absolute Gasteiger partial charge is 0.337 e. The van der Waals surface area contributed by atoms with E-state index in [1.54, 1.807) is 35.9 Å². The maximum Gasteiger partial charge on any atom is 0.337 e. The molecule has 0 unspecified atom stereocenters. The van der Waals surface area contributed by atoms with E-state index in [0.717, 1.165) is 29.8 Å². The molecule has 2 aliphatic heterocycles. The number of para-hydroxylation sites is 1. The van der Waals surface area contributed by atoms with Crippen molar-refractivity contribution in [3.8, 4) is 0 Å². The summed E-state index contributed by atoms with van der Waals surface area (Å²) < 4.78 is 1.59. The lowest BCUT2D eigenvalue weighted by Gasteiger charge is -2.34. The van der Waals surface area contributed by atoms with Gasteiger partial charge in [-0.15, -0.1) is 0 Å². The lowest BCUT2D eigenvalue weighted by atomic mass is 9.98. The number of hydrogen-bond acceptors (Lipinski definition) is 6. The van der Waals surface area contributed by atoms with Crippen molar-refractivity contribution in [1.82, 2.24) is 19.8 Å². The molecule has 3 aromatic rings. The molecule has 192 valence electrons. The van der Waals surface area contributed by atoms with Crippen molar-refractivity contribution >= 4 is 34.0 Å². The van der Waals surface area contributed by atoms with Crippen LogP contribution in [0.3, 0.4) is 0 Å². The summed E-state index contributed by atoms with van der Waals surface area (Å²) in [6.45, 7) is 6.43. The van der Waals surface area contributed by atoms with E-state index in [0.29, 0.717) is 41.9 Å². The third-order valence-corrected chi connectivity index (χ3v) is 7.29. The minimum absolute atomic E-state index is 0.0594. The number of carbonyl (C=O) groups is 2. The number of carboxylic acid groups (broad SMARTS) is 1. The fourth-order valence-corrected chi connectivity index (χ4v) is 5.07. The molecule has 1 aromatic heterocycles. The van der Waals surface area contributed by atoms with Gasteiger partial charge >= 0.3 is 5.97 Å². The van der Waals surface area contributed by atoms with Crippen LogP contribution >= 0.6 is 0 Å². The first-order chi connectivity index (χ1) is 17.7. The molecule has 0 spiro atoms. The number of fused-ring (bicyclic) bond motifs is 1. The Labute approximate surface area is 214 Å². The van der Waals surface area contributed by atoms with Crippen molar-refractivity contribution in [3.05, 3.63) is 75.3 Å². The molecule has 37 heavy (non-hydrogen) atoms. The largest absolute Gasteiger partial charge is 0.478 e. The van der Waals surface area contributed by atoms with E-state index >= 15 is 0 Å². The molecule has 1 amide bonds. The summed E-state index contributed by atoms with van der Waals surface area (Å²) >= 11 is 0. The van der Waals surface area contributed by atoms with Gasteiger partial charge in [0.1, 0.15) is 5.82 Å². The van der Waals surface area contributed by atoms with Crippen molar-refractivity contribution in [2.45, 2.75) is 26.3 Å². The average molecular weight is 502 g/mol. The summed E-state index contributed by atoms with van der Waals surface area (Å²) in [4.78, 5) is 44.6. The zero-order valence-corrected chi connectivity index (χ0v) is 21.2. The predicted octanol–water partition coefficient (Wildman–Crippen LogP) is 2.95. The van der Waals surface area contributed by atoms with Gasteiger partial charge < -0.3 is 20.6 Å². The van der Waals surface area contributed by atoms with E-state index in [4.69, 9.17) is 4.98 Å². The van der Waals surface area contributed by atoms with Crippen LogP contribution in [0.15, 0.2) is 47.3 Å². The molecule has 1 atom stereocenters. The zero-order chi connectivity index (χ0) is 26.3. The topological polar surface area (TPSA) is 117 Å². The molecule has 1 fully saturated rings. The number of benzene rings is 2. The highest BCUT2D eigenvalue weighted by molar-refractivity contribution is 5.94. The summed E-state index contributed by atoms with van der Waals surface area (Å²) in [5.74, 6) is -0.181. The van der Waals surface area contributed by atoms with Gasteiger partial charge in [-0.25, -0.2) is 9.78 Å². The van der Waals surface area contributed by atoms with Gasteiger partial charge in [0.25, 0.3) is 5.56 Å². The standard InChI is InChI=1S/C28H31N5O4/c1-16-12-21(17(2)30-23-7-5-4-6-20(23)28(36)37)24-22(13-16)27(35)32(3)25(31-24)18-8-10-33(11-9-18)26(34)19-14-29-15-19/h4-8,12-13,17,19,29-30H,9-11,14-15H2,1-3H3,(H,36,37)/t17-/m1/s1. The Bertz CT molecular complexity index is 1490. The molecule has 9 heteroatoms. The van der Waals surface area contributed by atoms with Crippen molar-refractivity contribution in [2.75, 3.05) is 31.5 Å². The minimum Gasteiger partial charge on any atom is -0.478 e. The monoisotopic (exact) mass is 501 g/mol. The molecular weight excluding hydrogens is 470 g/mol. The number of nitrogens with one attached hydrogen (secondary N) is 2. The Morgan fingerprint density at radius 1 is 1.22 bits per heavy atom. The van der Waals surface area contributed by atoms with Gasteiger partial charge in [0.05, 0.1) is 28.4 Å². The van der Waals surface area contributed by atoms with E-state index in [1.807, 2.05) is 37.0 Å². The molecule has 5 rings (SSSR count). The van der Waals surface area contributed by atoms with Gasteiger partial charge in [0.2, 0.25) is 5.91 Å². The molecule has 2 aromatic carbocycles. The lowest BCUT2D eigenvalue weighted by Crippen LogP contribution is -2.52. The molecule has 0 bridgehead atoms. The summed E-state index contributed by atoms with van der Waals surface area (Å²) in [6, 6.07) is 10.3. The van der Waals surface area contributed by atoms with Gasteiger partial charge in [0.15, 0.2) is 0 Å². The van der Waals surface area contributed by atoms with E-state index in [1.165, 1.54) is 0 Å². The Morgan fingerprint density at radius 2 is 1.97 bits per heavy atom. The van der Waals surface area contributed by atoms with Gasteiger partial charge in [-0.3, -0.25) is 14.2 Å². The van der Waals surface area contributed by atoms with Gasteiger partial charge in [-0.1, -0.05) is 24.3 Å². The number of anilines is 1. The van der Waals surface area contributed by atoms with Crippen LogP contribution in [0.2, 0.25) is 0 Å². The van der Waals surface area contributed by atoms with Crippen molar-refractivity contribution in [2.24, 2.45) is 13.0 Å². The van der Waals surface area contributed by atoms with Gasteiger partial charge in [-0.05, 0) is 49.6 Å².